The molecule has 5 aromatic heterocycles. The summed E-state index contributed by atoms with van der Waals surface area (Å²) >= 11 is 29.3. The van der Waals surface area contributed by atoms with E-state index in [0.717, 1.165) is 116 Å². The van der Waals surface area contributed by atoms with E-state index in [4.69, 9.17) is 115 Å². The van der Waals surface area contributed by atoms with Gasteiger partial charge in [-0.3, -0.25) is 0 Å². The zero-order valence-electron chi connectivity index (χ0n) is 47.2. The Morgan fingerprint density at radius 1 is 0.224 bits per heavy atom. The molecule has 20 nitrogen and oxygen atoms in total. The maximum absolute atomic E-state index is 5.90. The molecule has 0 saturated carbocycles. The Kier molecular flexibility index (Phi) is 23.4. The Labute approximate surface area is 518 Å². The molecule has 25 heteroatoms. The molecule has 0 saturated heterocycles. The first-order chi connectivity index (χ1) is 40.6. The quantitative estimate of drug-likeness (QED) is 0.0608. The van der Waals surface area contributed by atoms with Crippen molar-refractivity contribution in [2.75, 3.05) is 57.3 Å². The van der Waals surface area contributed by atoms with Gasteiger partial charge in [-0.2, -0.15) is 24.9 Å². The van der Waals surface area contributed by atoms with Crippen LogP contribution < -0.4 is 57.3 Å². The predicted molar refractivity (Wildman–Crippen MR) is 353 cm³/mol. The molecule has 0 aliphatic carbocycles. The third kappa shape index (κ3) is 17.5. The molecular weight excluding hydrogens is 1180 g/mol. The number of aromatic nitrogens is 10. The molecule has 85 heavy (non-hydrogen) atoms. The van der Waals surface area contributed by atoms with E-state index in [1.54, 1.807) is 0 Å². The van der Waals surface area contributed by atoms with Crippen molar-refractivity contribution in [3.8, 4) is 55.6 Å². The summed E-state index contributed by atoms with van der Waals surface area (Å²) in [6.07, 6.45) is 3.72. The molecule has 10 aromatic rings. The molecule has 440 valence electrons. The Morgan fingerprint density at radius 3 is 0.471 bits per heavy atom. The van der Waals surface area contributed by atoms with Crippen molar-refractivity contribution in [2.24, 2.45) is 0 Å². The average molecular weight is 1240 g/mol. The summed E-state index contributed by atoms with van der Waals surface area (Å²) in [4.78, 5) is 41.0. The van der Waals surface area contributed by atoms with E-state index in [-0.39, 0.29) is 29.7 Å². The van der Waals surface area contributed by atoms with Gasteiger partial charge in [-0.15, -0.1) is 0 Å². The van der Waals surface area contributed by atoms with Gasteiger partial charge in [-0.1, -0.05) is 153 Å². The van der Waals surface area contributed by atoms with Gasteiger partial charge in [0.15, 0.2) is 0 Å². The first kappa shape index (κ1) is 65.1. The van der Waals surface area contributed by atoms with Crippen LogP contribution in [0.1, 0.15) is 63.1 Å². The van der Waals surface area contributed by atoms with Gasteiger partial charge in [0.2, 0.25) is 29.7 Å². The molecule has 20 N–H and O–H groups in total. The van der Waals surface area contributed by atoms with E-state index in [1.165, 1.54) is 0 Å². The minimum atomic E-state index is 0.206. The second-order valence-electron chi connectivity index (χ2n) is 18.2. The molecule has 0 atom stereocenters. The Bertz CT molecular complexity index is 3270. The predicted octanol–water partition coefficient (Wildman–Crippen LogP) is 12.6. The van der Waals surface area contributed by atoms with E-state index in [9.17, 15) is 0 Å². The Balaban J connectivity index is 0.000000170. The van der Waals surface area contributed by atoms with Crippen molar-refractivity contribution in [1.29, 1.82) is 0 Å². The third-order valence-corrected chi connectivity index (χ3v) is 13.7. The number of hydrogen-bond donors (Lipinski definition) is 10. The highest BCUT2D eigenvalue weighted by molar-refractivity contribution is 6.32. The van der Waals surface area contributed by atoms with E-state index < -0.39 is 0 Å². The summed E-state index contributed by atoms with van der Waals surface area (Å²) in [6.45, 7) is 10.0. The van der Waals surface area contributed by atoms with E-state index in [1.807, 2.05) is 156 Å². The molecule has 0 aliphatic heterocycles. The fraction of sp³-hybridized carbons (Fsp3) is 0.167. The van der Waals surface area contributed by atoms with Crippen LogP contribution in [0.3, 0.4) is 0 Å². The van der Waals surface area contributed by atoms with Crippen molar-refractivity contribution >= 4 is 117 Å². The van der Waals surface area contributed by atoms with Crippen molar-refractivity contribution in [2.45, 2.75) is 66.7 Å². The van der Waals surface area contributed by atoms with E-state index in [0.29, 0.717) is 54.2 Å². The van der Waals surface area contributed by atoms with Crippen LogP contribution in [0.4, 0.5) is 58.8 Å². The molecule has 5 aromatic carbocycles. The number of benzene rings is 5. The minimum Gasteiger partial charge on any atom is -0.383 e. The Morgan fingerprint density at radius 2 is 0.353 bits per heavy atom. The first-order valence-electron chi connectivity index (χ1n) is 26.5. The van der Waals surface area contributed by atoms with Crippen LogP contribution >= 0.6 is 58.0 Å². The number of hydrogen-bond acceptors (Lipinski definition) is 20. The number of nitrogens with two attached hydrogens (primary N) is 10. The molecule has 0 fully saturated rings. The summed E-state index contributed by atoms with van der Waals surface area (Å²) < 4.78 is 0. The second kappa shape index (κ2) is 30.5. The lowest BCUT2D eigenvalue weighted by atomic mass is 10.0. The monoisotopic (exact) mass is 1240 g/mol. The lowest BCUT2D eigenvalue weighted by Crippen LogP contribution is -2.06. The third-order valence-electron chi connectivity index (χ3n) is 12.5. The number of anilines is 10. The summed E-state index contributed by atoms with van der Waals surface area (Å²) in [7, 11) is 0. The molecule has 0 spiro atoms. The molecule has 0 radical (unpaired) electrons. The van der Waals surface area contributed by atoms with Crippen LogP contribution in [-0.4, -0.2) is 49.8 Å². The second-order valence-corrected chi connectivity index (χ2v) is 20.4. The SMILES string of the molecule is CCc1nc(N)nc(N)c1-c1ccc(Cl)cc1.CCc1nc(N)nc(N)c1-c1ccc(Cl)cc1.CCc1nc(N)nc(N)c1-c1ccc(Cl)cc1.CCc1nc(N)nc(N)c1-c1ccc(Cl)cc1.CCc1nc(N)nc(N)c1-c1ccc(Cl)cc1. The van der Waals surface area contributed by atoms with Crippen LogP contribution in [0.5, 0.6) is 0 Å². The van der Waals surface area contributed by atoms with Crippen LogP contribution in [0.15, 0.2) is 121 Å². The van der Waals surface area contributed by atoms with Gasteiger partial charge in [-0.05, 0) is 121 Å². The summed E-state index contributed by atoms with van der Waals surface area (Å²) in [6, 6.07) is 37.1. The average Bonchev–Trinajstić information content (AvgIpc) is 3.68. The standard InChI is InChI=1S/5C12H13ClN4/c5*1-2-9-10(11(14)17-12(15)16-9)7-3-5-8(13)6-4-7/h5*3-6H,2H2,1H3,(H4,14,15,16,17). The van der Waals surface area contributed by atoms with Gasteiger partial charge in [-0.25, -0.2) is 24.9 Å². The summed E-state index contributed by atoms with van der Waals surface area (Å²) in [5.41, 5.74) is 70.6. The lowest BCUT2D eigenvalue weighted by Gasteiger charge is -2.10. The van der Waals surface area contributed by atoms with Crippen molar-refractivity contribution in [1.82, 2.24) is 49.8 Å². The van der Waals surface area contributed by atoms with Crippen LogP contribution in [-0.2, 0) is 32.1 Å². The first-order valence-corrected chi connectivity index (χ1v) is 28.4. The molecule has 10 rings (SSSR count). The zero-order chi connectivity index (χ0) is 62.1. The largest absolute Gasteiger partial charge is 0.383 e. The lowest BCUT2D eigenvalue weighted by molar-refractivity contribution is 1.02. The van der Waals surface area contributed by atoms with Crippen molar-refractivity contribution < 1.29 is 0 Å². The van der Waals surface area contributed by atoms with Crippen molar-refractivity contribution in [3.05, 3.63) is 175 Å². The number of nitrogen functional groups attached to an aromatic ring is 10. The summed E-state index contributed by atoms with van der Waals surface area (Å²) in [5.74, 6) is 3.03. The highest BCUT2D eigenvalue weighted by Gasteiger charge is 2.17. The summed E-state index contributed by atoms with van der Waals surface area (Å²) in [5, 5.41) is 3.41. The number of halogens is 5. The van der Waals surface area contributed by atoms with Crippen LogP contribution in [0, 0.1) is 0 Å². The van der Waals surface area contributed by atoms with E-state index in [2.05, 4.69) is 49.8 Å². The van der Waals surface area contributed by atoms with Gasteiger partial charge in [0, 0.05) is 52.9 Å². The maximum atomic E-state index is 5.90. The molecule has 0 aliphatic rings. The number of aryl methyl sites for hydroxylation is 5. The van der Waals surface area contributed by atoms with Crippen LogP contribution in [0.25, 0.3) is 55.6 Å². The highest BCUT2D eigenvalue weighted by atomic mass is 35.5. The smallest absolute Gasteiger partial charge is 0.222 e. The number of rotatable bonds is 10. The van der Waals surface area contributed by atoms with Crippen molar-refractivity contribution in [3.63, 3.8) is 0 Å². The maximum Gasteiger partial charge on any atom is 0.222 e. The topological polar surface area (TPSA) is 389 Å². The van der Waals surface area contributed by atoms with Gasteiger partial charge < -0.3 is 57.3 Å². The molecule has 5 heterocycles. The van der Waals surface area contributed by atoms with Gasteiger partial charge in [0.05, 0.1) is 28.5 Å². The normalized spacial score (nSPS) is 10.5. The molecule has 0 unspecified atom stereocenters. The van der Waals surface area contributed by atoms with Crippen LogP contribution in [0.2, 0.25) is 25.1 Å². The minimum absolute atomic E-state index is 0.206. The fourth-order valence-electron chi connectivity index (χ4n) is 8.67. The zero-order valence-corrected chi connectivity index (χ0v) is 51.0. The fourth-order valence-corrected chi connectivity index (χ4v) is 9.30. The Hall–Kier alpha value is -9.05. The van der Waals surface area contributed by atoms with Gasteiger partial charge in [0.25, 0.3) is 0 Å². The molecule has 0 bridgehead atoms. The van der Waals surface area contributed by atoms with Gasteiger partial charge >= 0.3 is 0 Å². The number of nitrogens with zero attached hydrogens (tertiary/aromatic N) is 10. The van der Waals surface area contributed by atoms with Gasteiger partial charge in [0.1, 0.15) is 29.1 Å². The molecule has 0 amide bonds. The highest BCUT2D eigenvalue weighted by Crippen LogP contribution is 2.34. The molecular formula is C60H65Cl5N20. The van der Waals surface area contributed by atoms with E-state index >= 15 is 0 Å².